The molecule has 3 heterocycles. The second-order valence-corrected chi connectivity index (χ2v) is 8.72. The van der Waals surface area contributed by atoms with Crippen molar-refractivity contribution < 1.29 is 8.78 Å². The van der Waals surface area contributed by atoms with Crippen LogP contribution in [0.4, 0.5) is 14.5 Å². The number of rotatable bonds is 4. The number of aromatic nitrogens is 4. The number of hydrogen-bond donors (Lipinski definition) is 0. The van der Waals surface area contributed by atoms with Gasteiger partial charge in [0.2, 0.25) is 0 Å². The normalized spacial score (nSPS) is 22.3. The van der Waals surface area contributed by atoms with Crippen molar-refractivity contribution in [3.05, 3.63) is 65.7 Å². The molecule has 29 heavy (non-hydrogen) atoms. The summed E-state index contributed by atoms with van der Waals surface area (Å²) in [6.45, 7) is 5.72. The molecule has 1 aromatic carbocycles. The maximum absolute atomic E-state index is 14.4. The molecule has 2 atom stereocenters. The molecule has 0 N–H and O–H groups in total. The van der Waals surface area contributed by atoms with Crippen molar-refractivity contribution in [2.45, 2.75) is 32.1 Å². The van der Waals surface area contributed by atoms with Crippen LogP contribution in [0.1, 0.15) is 43.2 Å². The van der Waals surface area contributed by atoms with Crippen LogP contribution in [0.15, 0.2) is 43.0 Å². The van der Waals surface area contributed by atoms with Crippen molar-refractivity contribution >= 4 is 5.69 Å². The van der Waals surface area contributed by atoms with Crippen LogP contribution < -0.4 is 4.90 Å². The lowest BCUT2D eigenvalue weighted by Crippen LogP contribution is -2.53. The number of halogens is 2. The van der Waals surface area contributed by atoms with Gasteiger partial charge in [-0.15, -0.1) is 0 Å². The second kappa shape index (κ2) is 6.54. The Labute approximate surface area is 167 Å². The van der Waals surface area contributed by atoms with Crippen molar-refractivity contribution in [2.24, 2.45) is 5.41 Å². The van der Waals surface area contributed by atoms with Gasteiger partial charge in [-0.25, -0.2) is 28.7 Å². The van der Waals surface area contributed by atoms with Crippen LogP contribution in [0.25, 0.3) is 11.6 Å². The van der Waals surface area contributed by atoms with Gasteiger partial charge < -0.3 is 4.90 Å². The highest BCUT2D eigenvalue weighted by Gasteiger charge is 2.42. The molecule has 2 fully saturated rings. The fourth-order valence-electron chi connectivity index (χ4n) is 4.19. The summed E-state index contributed by atoms with van der Waals surface area (Å²) in [5.74, 6) is -0.208. The number of benzene rings is 1. The molecule has 0 bridgehead atoms. The number of nitrogens with zero attached hydrogens (tertiary/aromatic N) is 5. The molecule has 1 saturated carbocycles. The summed E-state index contributed by atoms with van der Waals surface area (Å²) >= 11 is 0. The van der Waals surface area contributed by atoms with E-state index in [-0.39, 0.29) is 17.3 Å². The Morgan fingerprint density at radius 1 is 0.897 bits per heavy atom. The smallest absolute Gasteiger partial charge is 0.197 e. The first-order valence-corrected chi connectivity index (χ1v) is 9.74. The molecule has 2 aromatic heterocycles. The summed E-state index contributed by atoms with van der Waals surface area (Å²) in [5, 5.41) is 0. The highest BCUT2D eigenvalue weighted by atomic mass is 19.2. The van der Waals surface area contributed by atoms with Crippen LogP contribution in [-0.4, -0.2) is 33.0 Å². The average Bonchev–Trinajstić information content (AvgIpc) is 3.50. The molecule has 0 spiro atoms. The zero-order valence-electron chi connectivity index (χ0n) is 16.3. The topological polar surface area (TPSA) is 54.8 Å². The van der Waals surface area contributed by atoms with Crippen molar-refractivity contribution in [1.82, 2.24) is 19.9 Å². The van der Waals surface area contributed by atoms with Crippen molar-refractivity contribution in [1.29, 1.82) is 0 Å². The van der Waals surface area contributed by atoms with Gasteiger partial charge in [0.05, 0.1) is 5.69 Å². The molecular weight excluding hydrogens is 372 g/mol. The minimum atomic E-state index is -0.777. The monoisotopic (exact) mass is 393 g/mol. The summed E-state index contributed by atoms with van der Waals surface area (Å²) in [5.41, 5.74) is 2.34. The zero-order chi connectivity index (χ0) is 20.2. The van der Waals surface area contributed by atoms with Crippen LogP contribution in [0.5, 0.6) is 0 Å². The lowest BCUT2D eigenvalue weighted by atomic mass is 9.84. The SMILES string of the molecule is CC1(C)CN(c2cc(C3CC3c3cnc(-c4ncccn4)nc3)cc(F)c2F)C1. The molecule has 3 aromatic rings. The van der Waals surface area contributed by atoms with E-state index in [4.69, 9.17) is 0 Å². The van der Waals surface area contributed by atoms with E-state index in [9.17, 15) is 8.78 Å². The number of anilines is 1. The highest BCUT2D eigenvalue weighted by molar-refractivity contribution is 5.55. The number of hydrogen-bond acceptors (Lipinski definition) is 5. The third kappa shape index (κ3) is 3.34. The van der Waals surface area contributed by atoms with Crippen LogP contribution in [0.2, 0.25) is 0 Å². The molecule has 0 amide bonds. The molecule has 5 rings (SSSR count). The third-order valence-corrected chi connectivity index (χ3v) is 5.69. The van der Waals surface area contributed by atoms with Gasteiger partial charge >= 0.3 is 0 Å². The molecule has 7 heteroatoms. The Morgan fingerprint density at radius 2 is 1.52 bits per heavy atom. The predicted molar refractivity (Wildman–Crippen MR) is 106 cm³/mol. The molecule has 1 saturated heterocycles. The van der Waals surface area contributed by atoms with Gasteiger partial charge in [-0.1, -0.05) is 13.8 Å². The van der Waals surface area contributed by atoms with E-state index in [0.29, 0.717) is 17.3 Å². The molecule has 1 aliphatic heterocycles. The lowest BCUT2D eigenvalue weighted by molar-refractivity contribution is 0.273. The summed E-state index contributed by atoms with van der Waals surface area (Å²) in [7, 11) is 0. The summed E-state index contributed by atoms with van der Waals surface area (Å²) < 4.78 is 28.6. The van der Waals surface area contributed by atoms with Gasteiger partial charge in [0, 0.05) is 37.9 Å². The molecule has 1 aliphatic carbocycles. The standard InChI is InChI=1S/C22H21F2N5/c1-22(2)11-29(12-22)18-7-13(6-17(23)19(18)24)15-8-16(15)14-9-27-21(28-10-14)20-25-4-3-5-26-20/h3-7,9-10,15-16H,8,11-12H2,1-2H3. The largest absolute Gasteiger partial charge is 0.368 e. The Morgan fingerprint density at radius 3 is 2.17 bits per heavy atom. The molecular formula is C22H21F2N5. The van der Waals surface area contributed by atoms with E-state index in [0.717, 1.165) is 30.6 Å². The average molecular weight is 393 g/mol. The molecule has 0 radical (unpaired) electrons. The van der Waals surface area contributed by atoms with Crippen molar-refractivity contribution in [3.63, 3.8) is 0 Å². The molecule has 2 unspecified atom stereocenters. The first-order valence-electron chi connectivity index (χ1n) is 9.74. The van der Waals surface area contributed by atoms with E-state index in [2.05, 4.69) is 33.8 Å². The Balaban J connectivity index is 1.35. The zero-order valence-corrected chi connectivity index (χ0v) is 16.3. The van der Waals surface area contributed by atoms with E-state index >= 15 is 0 Å². The first-order chi connectivity index (χ1) is 13.9. The fourth-order valence-corrected chi connectivity index (χ4v) is 4.19. The van der Waals surface area contributed by atoms with Gasteiger partial charge in [0.25, 0.3) is 0 Å². The van der Waals surface area contributed by atoms with Crippen molar-refractivity contribution in [3.8, 4) is 11.6 Å². The maximum Gasteiger partial charge on any atom is 0.197 e. The van der Waals surface area contributed by atoms with Gasteiger partial charge in [0.15, 0.2) is 23.3 Å². The summed E-state index contributed by atoms with van der Waals surface area (Å²) in [4.78, 5) is 19.0. The van der Waals surface area contributed by atoms with Gasteiger partial charge in [-0.3, -0.25) is 0 Å². The van der Waals surface area contributed by atoms with Crippen LogP contribution in [-0.2, 0) is 0 Å². The van der Waals surface area contributed by atoms with Crippen LogP contribution in [0, 0.1) is 17.0 Å². The van der Waals surface area contributed by atoms with Gasteiger partial charge in [-0.2, -0.15) is 0 Å². The first kappa shape index (κ1) is 18.1. The van der Waals surface area contributed by atoms with Crippen LogP contribution in [0.3, 0.4) is 0 Å². The van der Waals surface area contributed by atoms with Crippen LogP contribution >= 0.6 is 0 Å². The minimum Gasteiger partial charge on any atom is -0.368 e. The predicted octanol–water partition coefficient (Wildman–Crippen LogP) is 4.33. The maximum atomic E-state index is 14.4. The molecule has 5 nitrogen and oxygen atoms in total. The van der Waals surface area contributed by atoms with Crippen molar-refractivity contribution in [2.75, 3.05) is 18.0 Å². The Kier molecular flexibility index (Phi) is 4.08. The van der Waals surface area contributed by atoms with E-state index < -0.39 is 11.6 Å². The molecule has 148 valence electrons. The lowest BCUT2D eigenvalue weighted by Gasteiger charge is -2.47. The highest BCUT2D eigenvalue weighted by Crippen LogP contribution is 2.55. The quantitative estimate of drug-likeness (QED) is 0.660. The molecule has 2 aliphatic rings. The van der Waals surface area contributed by atoms with Gasteiger partial charge in [-0.05, 0) is 53.0 Å². The van der Waals surface area contributed by atoms with E-state index in [1.165, 1.54) is 6.07 Å². The fraction of sp³-hybridized carbons (Fsp3) is 0.364. The summed E-state index contributed by atoms with van der Waals surface area (Å²) in [6.07, 6.45) is 7.73. The van der Waals surface area contributed by atoms with Gasteiger partial charge in [0.1, 0.15) is 0 Å². The second-order valence-electron chi connectivity index (χ2n) is 8.72. The minimum absolute atomic E-state index is 0.141. The third-order valence-electron chi connectivity index (χ3n) is 5.69. The van der Waals surface area contributed by atoms with E-state index in [1.54, 1.807) is 30.9 Å². The Bertz CT molecular complexity index is 1040. The summed E-state index contributed by atoms with van der Waals surface area (Å²) in [6, 6.07) is 4.89. The Hall–Kier alpha value is -2.96. The van der Waals surface area contributed by atoms with E-state index in [1.807, 2.05) is 11.0 Å².